The fourth-order valence-corrected chi connectivity index (χ4v) is 1.75. The molecule has 2 rings (SSSR count). The second-order valence-electron chi connectivity index (χ2n) is 3.74. The highest BCUT2D eigenvalue weighted by molar-refractivity contribution is 5.78. The van der Waals surface area contributed by atoms with Crippen molar-refractivity contribution >= 4 is 12.0 Å². The van der Waals surface area contributed by atoms with E-state index < -0.39 is 5.97 Å². The molecule has 0 aliphatic carbocycles. The Morgan fingerprint density at radius 2 is 2.44 bits per heavy atom. The van der Waals surface area contributed by atoms with Crippen LogP contribution in [-0.4, -0.2) is 40.1 Å². The molecule has 16 heavy (non-hydrogen) atoms. The van der Waals surface area contributed by atoms with Gasteiger partial charge < -0.3 is 20.3 Å². The van der Waals surface area contributed by atoms with E-state index in [1.807, 2.05) is 12.3 Å². The number of nitrogens with one attached hydrogen (secondary N) is 2. The van der Waals surface area contributed by atoms with Gasteiger partial charge in [-0.1, -0.05) is 0 Å². The number of H-pyrrole nitrogens is 1. The maximum absolute atomic E-state index is 11.5. The SMILES string of the molecule is O=C(O)CCN1CC(c2cc[nH]c2)NC1=O. The van der Waals surface area contributed by atoms with Crippen LogP contribution in [0.5, 0.6) is 0 Å². The lowest BCUT2D eigenvalue weighted by molar-refractivity contribution is -0.137. The summed E-state index contributed by atoms with van der Waals surface area (Å²) < 4.78 is 0. The van der Waals surface area contributed by atoms with E-state index in [1.54, 1.807) is 6.20 Å². The van der Waals surface area contributed by atoms with Gasteiger partial charge in [-0.3, -0.25) is 4.79 Å². The Bertz CT molecular complexity index is 388. The number of urea groups is 1. The average molecular weight is 223 g/mol. The molecule has 1 aliphatic rings. The minimum atomic E-state index is -0.891. The van der Waals surface area contributed by atoms with Crippen LogP contribution in [0.2, 0.25) is 0 Å². The summed E-state index contributed by atoms with van der Waals surface area (Å²) in [4.78, 5) is 26.4. The Labute approximate surface area is 92.3 Å². The lowest BCUT2D eigenvalue weighted by atomic mass is 10.1. The zero-order chi connectivity index (χ0) is 11.5. The number of aromatic nitrogens is 1. The third kappa shape index (κ3) is 2.16. The van der Waals surface area contributed by atoms with Gasteiger partial charge in [-0.25, -0.2) is 4.79 Å². The van der Waals surface area contributed by atoms with E-state index in [2.05, 4.69) is 10.3 Å². The van der Waals surface area contributed by atoms with Crippen molar-refractivity contribution in [2.24, 2.45) is 0 Å². The highest BCUT2D eigenvalue weighted by atomic mass is 16.4. The van der Waals surface area contributed by atoms with Crippen LogP contribution in [-0.2, 0) is 4.79 Å². The van der Waals surface area contributed by atoms with Gasteiger partial charge in [0.25, 0.3) is 0 Å². The van der Waals surface area contributed by atoms with E-state index in [-0.39, 0.29) is 25.0 Å². The molecule has 0 saturated carbocycles. The summed E-state index contributed by atoms with van der Waals surface area (Å²) in [6.07, 6.45) is 3.60. The lowest BCUT2D eigenvalue weighted by Crippen LogP contribution is -2.30. The van der Waals surface area contributed by atoms with Crippen molar-refractivity contribution in [2.45, 2.75) is 12.5 Å². The first-order valence-electron chi connectivity index (χ1n) is 5.07. The third-order valence-electron chi connectivity index (χ3n) is 2.61. The van der Waals surface area contributed by atoms with E-state index in [1.165, 1.54) is 4.90 Å². The van der Waals surface area contributed by atoms with E-state index in [0.717, 1.165) is 5.56 Å². The molecular weight excluding hydrogens is 210 g/mol. The smallest absolute Gasteiger partial charge is 0.318 e. The molecule has 1 aliphatic heterocycles. The summed E-state index contributed by atoms with van der Waals surface area (Å²) in [6, 6.07) is 1.64. The minimum absolute atomic E-state index is 0.0206. The zero-order valence-electron chi connectivity index (χ0n) is 8.64. The summed E-state index contributed by atoms with van der Waals surface area (Å²) in [5, 5.41) is 11.4. The molecule has 0 aromatic carbocycles. The molecule has 1 unspecified atom stereocenters. The number of hydrogen-bond acceptors (Lipinski definition) is 2. The fourth-order valence-electron chi connectivity index (χ4n) is 1.75. The number of carbonyl (C=O) groups excluding carboxylic acids is 1. The van der Waals surface area contributed by atoms with Crippen molar-refractivity contribution in [2.75, 3.05) is 13.1 Å². The summed E-state index contributed by atoms with van der Waals surface area (Å²) >= 11 is 0. The monoisotopic (exact) mass is 223 g/mol. The molecule has 0 bridgehead atoms. The van der Waals surface area contributed by atoms with Gasteiger partial charge in [0.05, 0.1) is 12.5 Å². The molecule has 3 N–H and O–H groups in total. The van der Waals surface area contributed by atoms with E-state index >= 15 is 0 Å². The molecule has 6 nitrogen and oxygen atoms in total. The van der Waals surface area contributed by atoms with Gasteiger partial charge >= 0.3 is 12.0 Å². The third-order valence-corrected chi connectivity index (χ3v) is 2.61. The molecule has 1 fully saturated rings. The number of carboxylic acid groups (broad SMARTS) is 1. The topological polar surface area (TPSA) is 85.4 Å². The normalized spacial score (nSPS) is 19.9. The van der Waals surface area contributed by atoms with Crippen molar-refractivity contribution in [1.82, 2.24) is 15.2 Å². The molecule has 0 radical (unpaired) electrons. The maximum atomic E-state index is 11.5. The van der Waals surface area contributed by atoms with Gasteiger partial charge in [-0.15, -0.1) is 0 Å². The number of amides is 2. The summed E-state index contributed by atoms with van der Waals surface area (Å²) in [6.45, 7) is 0.770. The summed E-state index contributed by atoms with van der Waals surface area (Å²) in [5.74, 6) is -0.891. The number of carboxylic acids is 1. The molecule has 0 spiro atoms. The molecule has 1 saturated heterocycles. The van der Waals surface area contributed by atoms with Crippen molar-refractivity contribution in [3.63, 3.8) is 0 Å². The van der Waals surface area contributed by atoms with Crippen LogP contribution in [0.1, 0.15) is 18.0 Å². The van der Waals surface area contributed by atoms with E-state index in [4.69, 9.17) is 5.11 Å². The van der Waals surface area contributed by atoms with Crippen LogP contribution in [0.4, 0.5) is 4.79 Å². The van der Waals surface area contributed by atoms with Crippen LogP contribution >= 0.6 is 0 Å². The molecule has 86 valence electrons. The van der Waals surface area contributed by atoms with Crippen LogP contribution in [0.25, 0.3) is 0 Å². The maximum Gasteiger partial charge on any atom is 0.318 e. The largest absolute Gasteiger partial charge is 0.481 e. The van der Waals surface area contributed by atoms with Gasteiger partial charge in [0.2, 0.25) is 0 Å². The van der Waals surface area contributed by atoms with Crippen molar-refractivity contribution in [3.8, 4) is 0 Å². The zero-order valence-corrected chi connectivity index (χ0v) is 8.64. The van der Waals surface area contributed by atoms with Crippen LogP contribution < -0.4 is 5.32 Å². The first kappa shape index (κ1) is 10.5. The van der Waals surface area contributed by atoms with Gasteiger partial charge in [-0.05, 0) is 11.6 Å². The average Bonchev–Trinajstić information content (AvgIpc) is 2.83. The van der Waals surface area contributed by atoms with Crippen LogP contribution in [0, 0.1) is 0 Å². The van der Waals surface area contributed by atoms with Crippen molar-refractivity contribution in [1.29, 1.82) is 0 Å². The first-order chi connectivity index (χ1) is 7.66. The quantitative estimate of drug-likeness (QED) is 0.697. The Hall–Kier alpha value is -1.98. The number of carbonyl (C=O) groups is 2. The van der Waals surface area contributed by atoms with Crippen LogP contribution in [0.15, 0.2) is 18.5 Å². The number of rotatable bonds is 4. The van der Waals surface area contributed by atoms with Crippen LogP contribution in [0.3, 0.4) is 0 Å². The standard InChI is InChI=1S/C10H13N3O3/c14-9(15)2-4-13-6-8(12-10(13)16)7-1-3-11-5-7/h1,3,5,8,11H,2,4,6H2,(H,12,16)(H,14,15). The van der Waals surface area contributed by atoms with Gasteiger partial charge in [0.15, 0.2) is 0 Å². The van der Waals surface area contributed by atoms with Crippen molar-refractivity contribution in [3.05, 3.63) is 24.0 Å². The minimum Gasteiger partial charge on any atom is -0.481 e. The number of hydrogen-bond donors (Lipinski definition) is 3. The van der Waals surface area contributed by atoms with E-state index in [9.17, 15) is 9.59 Å². The Kier molecular flexibility index (Phi) is 2.80. The number of aliphatic carboxylic acids is 1. The molecule has 2 amide bonds. The first-order valence-corrected chi connectivity index (χ1v) is 5.07. The fraction of sp³-hybridized carbons (Fsp3) is 0.400. The van der Waals surface area contributed by atoms with Gasteiger partial charge in [0.1, 0.15) is 0 Å². The molecule has 1 aromatic rings. The van der Waals surface area contributed by atoms with E-state index in [0.29, 0.717) is 6.54 Å². The highest BCUT2D eigenvalue weighted by Crippen LogP contribution is 2.19. The number of nitrogens with zero attached hydrogens (tertiary/aromatic N) is 1. The van der Waals surface area contributed by atoms with Crippen molar-refractivity contribution < 1.29 is 14.7 Å². The van der Waals surface area contributed by atoms with Gasteiger partial charge in [-0.2, -0.15) is 0 Å². The number of aromatic amines is 1. The second-order valence-corrected chi connectivity index (χ2v) is 3.74. The predicted octanol–water partition coefficient (Wildman–Crippen LogP) is 0.556. The molecule has 2 heterocycles. The Morgan fingerprint density at radius 3 is 3.06 bits per heavy atom. The highest BCUT2D eigenvalue weighted by Gasteiger charge is 2.29. The summed E-state index contributed by atoms with van der Waals surface area (Å²) in [7, 11) is 0. The molecule has 1 atom stereocenters. The van der Waals surface area contributed by atoms with Gasteiger partial charge in [0, 0.05) is 25.5 Å². The summed E-state index contributed by atoms with van der Waals surface area (Å²) in [5.41, 5.74) is 1.01. The molecule has 6 heteroatoms. The second kappa shape index (κ2) is 4.26. The Morgan fingerprint density at radius 1 is 1.62 bits per heavy atom. The molecule has 1 aromatic heterocycles. The molecular formula is C10H13N3O3. The predicted molar refractivity (Wildman–Crippen MR) is 55.9 cm³/mol. The Balaban J connectivity index is 1.94. The lowest BCUT2D eigenvalue weighted by Gasteiger charge is -2.12.